The summed E-state index contributed by atoms with van der Waals surface area (Å²) in [5.41, 5.74) is 1.16. The molecule has 3 heterocycles. The van der Waals surface area contributed by atoms with E-state index in [-0.39, 0.29) is 0 Å². The molecule has 1 aromatic carbocycles. The van der Waals surface area contributed by atoms with E-state index in [0.717, 1.165) is 54.3 Å². The van der Waals surface area contributed by atoms with Crippen molar-refractivity contribution in [1.29, 1.82) is 0 Å². The second-order valence-corrected chi connectivity index (χ2v) is 6.82. The number of aromatic nitrogens is 3. The molecule has 7 heteroatoms. The van der Waals surface area contributed by atoms with Crippen LogP contribution in [-0.2, 0) is 6.54 Å². The third-order valence-electron chi connectivity index (χ3n) is 4.57. The SMILES string of the molecule is Clc1ccc(CNc2ccnc(N3CCN(c4ccccn4)CC3)n2)cc1. The number of piperazine rings is 1. The van der Waals surface area contributed by atoms with Crippen LogP contribution in [0.4, 0.5) is 17.6 Å². The molecule has 0 bridgehead atoms. The zero-order chi connectivity index (χ0) is 18.5. The summed E-state index contributed by atoms with van der Waals surface area (Å²) in [4.78, 5) is 18.1. The molecule has 1 N–H and O–H groups in total. The Labute approximate surface area is 163 Å². The number of anilines is 3. The summed E-state index contributed by atoms with van der Waals surface area (Å²) < 4.78 is 0. The Morgan fingerprint density at radius 2 is 1.63 bits per heavy atom. The molecule has 0 amide bonds. The predicted octanol–water partition coefficient (Wildman–Crippen LogP) is 3.46. The van der Waals surface area contributed by atoms with Gasteiger partial charge in [-0.3, -0.25) is 0 Å². The quantitative estimate of drug-likeness (QED) is 0.731. The normalized spacial score (nSPS) is 14.3. The highest BCUT2D eigenvalue weighted by molar-refractivity contribution is 6.30. The number of hydrogen-bond donors (Lipinski definition) is 1. The summed E-state index contributed by atoms with van der Waals surface area (Å²) >= 11 is 5.93. The monoisotopic (exact) mass is 380 g/mol. The van der Waals surface area contributed by atoms with Gasteiger partial charge in [0.1, 0.15) is 11.6 Å². The predicted molar refractivity (Wildman–Crippen MR) is 109 cm³/mol. The van der Waals surface area contributed by atoms with Crippen LogP contribution in [0.25, 0.3) is 0 Å². The molecule has 27 heavy (non-hydrogen) atoms. The first-order valence-corrected chi connectivity index (χ1v) is 9.38. The molecule has 0 aliphatic carbocycles. The number of halogens is 1. The van der Waals surface area contributed by atoms with E-state index in [4.69, 9.17) is 11.6 Å². The minimum absolute atomic E-state index is 0.696. The Bertz CT molecular complexity index is 863. The van der Waals surface area contributed by atoms with Crippen LogP contribution in [0.2, 0.25) is 5.02 Å². The average molecular weight is 381 g/mol. The van der Waals surface area contributed by atoms with Crippen molar-refractivity contribution in [1.82, 2.24) is 15.0 Å². The van der Waals surface area contributed by atoms with Crippen molar-refractivity contribution >= 4 is 29.2 Å². The van der Waals surface area contributed by atoms with Gasteiger partial charge in [-0.1, -0.05) is 29.8 Å². The Morgan fingerprint density at radius 1 is 0.852 bits per heavy atom. The van der Waals surface area contributed by atoms with Gasteiger partial charge >= 0.3 is 0 Å². The van der Waals surface area contributed by atoms with Gasteiger partial charge in [0.05, 0.1) is 0 Å². The van der Waals surface area contributed by atoms with Crippen LogP contribution in [-0.4, -0.2) is 41.1 Å². The van der Waals surface area contributed by atoms with Crippen molar-refractivity contribution in [2.45, 2.75) is 6.54 Å². The van der Waals surface area contributed by atoms with Crippen LogP contribution in [0, 0.1) is 0 Å². The zero-order valence-corrected chi connectivity index (χ0v) is 15.7. The second-order valence-electron chi connectivity index (χ2n) is 6.38. The number of benzene rings is 1. The Hall–Kier alpha value is -2.86. The van der Waals surface area contributed by atoms with Crippen LogP contribution >= 0.6 is 11.6 Å². The lowest BCUT2D eigenvalue weighted by Crippen LogP contribution is -2.47. The molecule has 0 saturated carbocycles. The minimum atomic E-state index is 0.696. The van der Waals surface area contributed by atoms with E-state index in [1.165, 1.54) is 0 Å². The van der Waals surface area contributed by atoms with E-state index in [1.807, 2.05) is 54.7 Å². The molecule has 1 fully saturated rings. The van der Waals surface area contributed by atoms with Gasteiger partial charge in [-0.05, 0) is 35.9 Å². The first-order chi connectivity index (χ1) is 13.3. The molecule has 0 atom stereocenters. The second kappa shape index (κ2) is 8.22. The van der Waals surface area contributed by atoms with Gasteiger partial charge in [0, 0.05) is 50.1 Å². The van der Waals surface area contributed by atoms with Crippen molar-refractivity contribution in [2.75, 3.05) is 41.3 Å². The van der Waals surface area contributed by atoms with E-state index in [2.05, 4.69) is 30.1 Å². The fourth-order valence-electron chi connectivity index (χ4n) is 3.07. The first-order valence-electron chi connectivity index (χ1n) is 9.00. The first kappa shape index (κ1) is 17.5. The number of nitrogens with one attached hydrogen (secondary N) is 1. The van der Waals surface area contributed by atoms with Gasteiger partial charge < -0.3 is 15.1 Å². The molecule has 1 aliphatic heterocycles. The van der Waals surface area contributed by atoms with Crippen LogP contribution in [0.15, 0.2) is 60.9 Å². The number of nitrogens with zero attached hydrogens (tertiary/aromatic N) is 5. The third-order valence-corrected chi connectivity index (χ3v) is 4.82. The molecule has 0 radical (unpaired) electrons. The smallest absolute Gasteiger partial charge is 0.227 e. The lowest BCUT2D eigenvalue weighted by atomic mass is 10.2. The highest BCUT2D eigenvalue weighted by atomic mass is 35.5. The van der Waals surface area contributed by atoms with Gasteiger partial charge in [0.15, 0.2) is 0 Å². The van der Waals surface area contributed by atoms with E-state index < -0.39 is 0 Å². The standard InChI is InChI=1S/C20H21ClN6/c21-17-6-4-16(5-7-17)15-24-18-8-10-23-20(25-18)27-13-11-26(12-14-27)19-3-1-2-9-22-19/h1-10H,11-15H2,(H,23,24,25). The van der Waals surface area contributed by atoms with Crippen LogP contribution in [0.1, 0.15) is 5.56 Å². The van der Waals surface area contributed by atoms with E-state index >= 15 is 0 Å². The summed E-state index contributed by atoms with van der Waals surface area (Å²) in [7, 11) is 0. The number of hydrogen-bond acceptors (Lipinski definition) is 6. The summed E-state index contributed by atoms with van der Waals surface area (Å²) in [6.07, 6.45) is 3.64. The molecule has 1 aliphatic rings. The summed E-state index contributed by atoms with van der Waals surface area (Å²) in [6, 6.07) is 15.7. The van der Waals surface area contributed by atoms with E-state index in [1.54, 1.807) is 6.20 Å². The van der Waals surface area contributed by atoms with Crippen molar-refractivity contribution in [3.63, 3.8) is 0 Å². The lowest BCUT2D eigenvalue weighted by molar-refractivity contribution is 0.635. The minimum Gasteiger partial charge on any atom is -0.366 e. The average Bonchev–Trinajstić information content (AvgIpc) is 2.74. The fourth-order valence-corrected chi connectivity index (χ4v) is 3.20. The highest BCUT2D eigenvalue weighted by Gasteiger charge is 2.19. The van der Waals surface area contributed by atoms with E-state index in [0.29, 0.717) is 6.54 Å². The van der Waals surface area contributed by atoms with Gasteiger partial charge in [-0.15, -0.1) is 0 Å². The molecule has 2 aromatic heterocycles. The molecular formula is C20H21ClN6. The van der Waals surface area contributed by atoms with Crippen molar-refractivity contribution in [2.24, 2.45) is 0 Å². The Morgan fingerprint density at radius 3 is 2.37 bits per heavy atom. The topological polar surface area (TPSA) is 57.2 Å². The lowest BCUT2D eigenvalue weighted by Gasteiger charge is -2.35. The maximum atomic E-state index is 5.93. The molecule has 138 valence electrons. The highest BCUT2D eigenvalue weighted by Crippen LogP contribution is 2.17. The van der Waals surface area contributed by atoms with Gasteiger partial charge in [-0.25, -0.2) is 9.97 Å². The molecule has 6 nitrogen and oxygen atoms in total. The maximum absolute atomic E-state index is 5.93. The molecule has 4 rings (SSSR count). The molecular weight excluding hydrogens is 360 g/mol. The fraction of sp³-hybridized carbons (Fsp3) is 0.250. The number of pyridine rings is 1. The van der Waals surface area contributed by atoms with Crippen molar-refractivity contribution in [3.05, 3.63) is 71.5 Å². The third kappa shape index (κ3) is 4.46. The van der Waals surface area contributed by atoms with Crippen LogP contribution in [0.5, 0.6) is 0 Å². The summed E-state index contributed by atoms with van der Waals surface area (Å²) in [5.74, 6) is 2.61. The van der Waals surface area contributed by atoms with Gasteiger partial charge in [0.2, 0.25) is 5.95 Å². The molecule has 0 unspecified atom stereocenters. The van der Waals surface area contributed by atoms with Crippen LogP contribution in [0.3, 0.4) is 0 Å². The maximum Gasteiger partial charge on any atom is 0.227 e. The van der Waals surface area contributed by atoms with Crippen molar-refractivity contribution in [3.8, 4) is 0 Å². The summed E-state index contributed by atoms with van der Waals surface area (Å²) in [5, 5.41) is 4.10. The molecule has 3 aromatic rings. The molecule has 1 saturated heterocycles. The largest absolute Gasteiger partial charge is 0.366 e. The Kier molecular flexibility index (Phi) is 5.34. The van der Waals surface area contributed by atoms with Gasteiger partial charge in [-0.2, -0.15) is 4.98 Å². The Balaban J connectivity index is 1.36. The van der Waals surface area contributed by atoms with E-state index in [9.17, 15) is 0 Å². The van der Waals surface area contributed by atoms with Crippen molar-refractivity contribution < 1.29 is 0 Å². The van der Waals surface area contributed by atoms with Gasteiger partial charge in [0.25, 0.3) is 0 Å². The van der Waals surface area contributed by atoms with Crippen LogP contribution < -0.4 is 15.1 Å². The number of rotatable bonds is 5. The molecule has 0 spiro atoms. The zero-order valence-electron chi connectivity index (χ0n) is 14.9. The summed E-state index contributed by atoms with van der Waals surface area (Å²) in [6.45, 7) is 4.25.